The molecule has 0 amide bonds. The number of hydrogen-bond acceptors (Lipinski definition) is 8. The van der Waals surface area contributed by atoms with Gasteiger partial charge in [0.05, 0.1) is 0 Å². The summed E-state index contributed by atoms with van der Waals surface area (Å²) in [6.45, 7) is 12.9. The number of para-hydroxylation sites is 4. The molecule has 0 saturated carbocycles. The van der Waals surface area contributed by atoms with Crippen LogP contribution in [0.2, 0.25) is 0 Å². The first-order valence-electron chi connectivity index (χ1n) is 15.1. The molecule has 5 aromatic carbocycles. The van der Waals surface area contributed by atoms with Crippen molar-refractivity contribution >= 4 is 15.6 Å². The lowest BCUT2D eigenvalue weighted by atomic mass is 10.1. The molecule has 5 aromatic rings. The first-order valence-corrected chi connectivity index (χ1v) is 18.0. The highest BCUT2D eigenvalue weighted by molar-refractivity contribution is 7.50. The third-order valence-electron chi connectivity index (χ3n) is 7.38. The third kappa shape index (κ3) is 8.21. The van der Waals surface area contributed by atoms with Crippen LogP contribution in [0.3, 0.4) is 0 Å². The number of rotatable bonds is 12. The van der Waals surface area contributed by atoms with E-state index in [1.165, 1.54) is 6.07 Å². The molecule has 1 unspecified atom stereocenters. The molecule has 0 radical (unpaired) electrons. The smallest absolute Gasteiger partial charge is 0.386 e. The van der Waals surface area contributed by atoms with Gasteiger partial charge >= 0.3 is 15.6 Å². The van der Waals surface area contributed by atoms with Gasteiger partial charge in [0.1, 0.15) is 34.5 Å². The largest absolute Gasteiger partial charge is 0.647 e. The van der Waals surface area contributed by atoms with E-state index in [0.29, 0.717) is 23.0 Å². The van der Waals surface area contributed by atoms with Gasteiger partial charge in [-0.05, 0) is 106 Å². The maximum Gasteiger partial charge on any atom is 0.647 e. The summed E-state index contributed by atoms with van der Waals surface area (Å²) in [5.74, 6) is 1.64. The Kier molecular flexibility index (Phi) is 10.0. The molecule has 8 nitrogen and oxygen atoms in total. The van der Waals surface area contributed by atoms with Gasteiger partial charge in [-0.15, -0.1) is 0 Å². The van der Waals surface area contributed by atoms with Crippen molar-refractivity contribution in [1.29, 1.82) is 0 Å². The van der Waals surface area contributed by atoms with Crippen LogP contribution in [0.25, 0.3) is 0 Å². The Morgan fingerprint density at radius 3 is 1.06 bits per heavy atom. The highest BCUT2D eigenvalue weighted by Crippen LogP contribution is 2.54. The summed E-state index contributed by atoms with van der Waals surface area (Å²) in [5.41, 5.74) is 5.29. The molecule has 47 heavy (non-hydrogen) atoms. The van der Waals surface area contributed by atoms with E-state index in [0.717, 1.165) is 38.9 Å². The third-order valence-corrected chi connectivity index (χ3v) is 9.89. The Bertz CT molecular complexity index is 1890. The molecule has 1 atom stereocenters. The SMILES string of the molecule is Cc1ccccc1OP(=O)(Oc1cccc(OP(=O)(Oc2c(C)cccc2C)Oc2c(C)cccc2C)c1)Oc1c(C)cccc1C. The molecular formula is C37H38O8P2. The lowest BCUT2D eigenvalue weighted by molar-refractivity contribution is 0.292. The average molecular weight is 673 g/mol. The molecule has 0 aliphatic heterocycles. The van der Waals surface area contributed by atoms with Crippen LogP contribution in [0, 0.1) is 48.5 Å². The van der Waals surface area contributed by atoms with Crippen molar-refractivity contribution in [2.24, 2.45) is 0 Å². The van der Waals surface area contributed by atoms with E-state index in [1.807, 2.05) is 115 Å². The van der Waals surface area contributed by atoms with E-state index in [1.54, 1.807) is 30.3 Å². The summed E-state index contributed by atoms with van der Waals surface area (Å²) in [7, 11) is -8.74. The molecule has 0 heterocycles. The van der Waals surface area contributed by atoms with Gasteiger partial charge in [-0.25, -0.2) is 0 Å². The van der Waals surface area contributed by atoms with Crippen LogP contribution in [0.1, 0.15) is 38.9 Å². The van der Waals surface area contributed by atoms with E-state index in [2.05, 4.69) is 0 Å². The monoisotopic (exact) mass is 672 g/mol. The van der Waals surface area contributed by atoms with Crippen LogP contribution in [0.4, 0.5) is 0 Å². The highest BCUT2D eigenvalue weighted by atomic mass is 31.2. The van der Waals surface area contributed by atoms with Crippen molar-refractivity contribution in [3.05, 3.63) is 142 Å². The Balaban J connectivity index is 1.51. The van der Waals surface area contributed by atoms with Crippen LogP contribution in [-0.2, 0) is 9.13 Å². The fraction of sp³-hybridized carbons (Fsp3) is 0.189. The molecule has 0 N–H and O–H groups in total. The van der Waals surface area contributed by atoms with Crippen LogP contribution < -0.4 is 27.1 Å². The maximum atomic E-state index is 14.5. The van der Waals surface area contributed by atoms with Gasteiger partial charge in [0.25, 0.3) is 0 Å². The molecule has 0 fully saturated rings. The Morgan fingerprint density at radius 1 is 0.362 bits per heavy atom. The summed E-state index contributed by atoms with van der Waals surface area (Å²) in [5, 5.41) is 0. The molecule has 0 bridgehead atoms. The molecule has 0 spiro atoms. The summed E-state index contributed by atoms with van der Waals surface area (Å²) in [6, 6.07) is 30.0. The molecule has 0 saturated heterocycles. The average Bonchev–Trinajstić information content (AvgIpc) is 3.01. The molecule has 0 aliphatic carbocycles. The first kappa shape index (κ1) is 33.7. The van der Waals surface area contributed by atoms with Crippen LogP contribution in [-0.4, -0.2) is 0 Å². The Morgan fingerprint density at radius 2 is 0.681 bits per heavy atom. The van der Waals surface area contributed by atoms with E-state index >= 15 is 0 Å². The second-order valence-corrected chi connectivity index (χ2v) is 14.2. The van der Waals surface area contributed by atoms with Crippen molar-refractivity contribution in [2.75, 3.05) is 0 Å². The van der Waals surface area contributed by atoms with Gasteiger partial charge in [0, 0.05) is 6.07 Å². The molecule has 5 rings (SSSR count). The van der Waals surface area contributed by atoms with Crippen LogP contribution in [0.15, 0.2) is 103 Å². The van der Waals surface area contributed by atoms with E-state index in [9.17, 15) is 9.13 Å². The lowest BCUT2D eigenvalue weighted by Crippen LogP contribution is -2.11. The zero-order valence-corrected chi connectivity index (χ0v) is 29.3. The maximum absolute atomic E-state index is 14.5. The zero-order chi connectivity index (χ0) is 33.8. The van der Waals surface area contributed by atoms with Gasteiger partial charge < -0.3 is 27.1 Å². The van der Waals surface area contributed by atoms with Crippen molar-refractivity contribution in [3.63, 3.8) is 0 Å². The van der Waals surface area contributed by atoms with Gasteiger partial charge in [-0.2, -0.15) is 9.13 Å². The molecule has 10 heteroatoms. The van der Waals surface area contributed by atoms with E-state index in [-0.39, 0.29) is 11.5 Å². The van der Waals surface area contributed by atoms with Crippen molar-refractivity contribution in [1.82, 2.24) is 0 Å². The standard InChI is InChI=1S/C37H38O8P2/c1-25-14-8-9-23-34(25)42-46(38,43-35-26(2)15-10-16-27(35)3)40-32-21-13-22-33(24-32)41-47(39,44-36-28(4)17-11-18-29(36)5)45-37-30(6)19-12-20-31(37)7/h8-24H,1-7H3. The van der Waals surface area contributed by atoms with Gasteiger partial charge in [-0.3, -0.25) is 0 Å². The van der Waals surface area contributed by atoms with Crippen molar-refractivity contribution in [3.8, 4) is 34.5 Å². The minimum Gasteiger partial charge on any atom is -0.386 e. The molecule has 244 valence electrons. The van der Waals surface area contributed by atoms with Gasteiger partial charge in [0.2, 0.25) is 0 Å². The number of phosphoric ester groups is 2. The second kappa shape index (κ2) is 14.0. The Labute approximate surface area is 276 Å². The fourth-order valence-electron chi connectivity index (χ4n) is 4.90. The number of benzene rings is 5. The summed E-state index contributed by atoms with van der Waals surface area (Å²) < 4.78 is 65.1. The van der Waals surface area contributed by atoms with Crippen molar-refractivity contribution < 1.29 is 36.3 Å². The number of phosphoric acid groups is 2. The van der Waals surface area contributed by atoms with E-state index in [4.69, 9.17) is 27.1 Å². The highest BCUT2D eigenvalue weighted by Gasteiger charge is 2.37. The first-order chi connectivity index (χ1) is 22.3. The van der Waals surface area contributed by atoms with E-state index < -0.39 is 15.6 Å². The fourth-order valence-corrected chi connectivity index (χ4v) is 7.85. The minimum atomic E-state index is -4.38. The summed E-state index contributed by atoms with van der Waals surface area (Å²) in [6.07, 6.45) is 0. The molecular weight excluding hydrogens is 634 g/mol. The van der Waals surface area contributed by atoms with Crippen molar-refractivity contribution in [2.45, 2.75) is 48.5 Å². The predicted molar refractivity (Wildman–Crippen MR) is 184 cm³/mol. The Hall–Kier alpha value is -4.64. The number of hydrogen-bond donors (Lipinski definition) is 0. The number of aryl methyl sites for hydroxylation is 7. The molecule has 0 aliphatic rings. The molecule has 0 aromatic heterocycles. The van der Waals surface area contributed by atoms with Gasteiger partial charge in [0.15, 0.2) is 0 Å². The second-order valence-electron chi connectivity index (χ2n) is 11.3. The summed E-state index contributed by atoms with van der Waals surface area (Å²) >= 11 is 0. The zero-order valence-electron chi connectivity index (χ0n) is 27.5. The lowest BCUT2D eigenvalue weighted by Gasteiger charge is -2.24. The van der Waals surface area contributed by atoms with Crippen LogP contribution in [0.5, 0.6) is 34.5 Å². The normalized spacial score (nSPS) is 12.5. The van der Waals surface area contributed by atoms with Crippen LogP contribution >= 0.6 is 15.6 Å². The quantitative estimate of drug-likeness (QED) is 0.121. The van der Waals surface area contributed by atoms with Gasteiger partial charge in [-0.1, -0.05) is 78.9 Å². The predicted octanol–water partition coefficient (Wildman–Crippen LogP) is 11.1. The minimum absolute atomic E-state index is 0.0800. The topological polar surface area (TPSA) is 89.5 Å². The summed E-state index contributed by atoms with van der Waals surface area (Å²) in [4.78, 5) is 0.